The third-order valence-corrected chi connectivity index (χ3v) is 2.96. The summed E-state index contributed by atoms with van der Waals surface area (Å²) in [7, 11) is 3.49. The SMILES string of the molecule is CC(C)CN=C(N)NCC1CCC(C(=O)N(C)C)O1. The van der Waals surface area contributed by atoms with Gasteiger partial charge in [0.2, 0.25) is 0 Å². The smallest absolute Gasteiger partial charge is 0.251 e. The second-order valence-corrected chi connectivity index (χ2v) is 5.56. The second-order valence-electron chi connectivity index (χ2n) is 5.56. The van der Waals surface area contributed by atoms with E-state index in [1.165, 1.54) is 0 Å². The van der Waals surface area contributed by atoms with E-state index in [0.717, 1.165) is 12.8 Å². The van der Waals surface area contributed by atoms with Crippen molar-refractivity contribution in [2.45, 2.75) is 38.9 Å². The number of carbonyl (C=O) groups is 1. The van der Waals surface area contributed by atoms with Crippen LogP contribution in [0.3, 0.4) is 0 Å². The molecule has 0 radical (unpaired) electrons. The molecule has 1 rings (SSSR count). The quantitative estimate of drug-likeness (QED) is 0.552. The third kappa shape index (κ3) is 5.46. The molecule has 0 saturated carbocycles. The fourth-order valence-corrected chi connectivity index (χ4v) is 1.88. The van der Waals surface area contributed by atoms with Gasteiger partial charge < -0.3 is 20.7 Å². The van der Waals surface area contributed by atoms with E-state index in [-0.39, 0.29) is 18.1 Å². The van der Waals surface area contributed by atoms with E-state index in [4.69, 9.17) is 10.5 Å². The molecule has 6 heteroatoms. The number of aliphatic imine (C=N–C) groups is 1. The number of nitrogens with two attached hydrogens (primary N) is 1. The monoisotopic (exact) mass is 270 g/mol. The van der Waals surface area contributed by atoms with Gasteiger partial charge in [-0.3, -0.25) is 9.79 Å². The summed E-state index contributed by atoms with van der Waals surface area (Å²) >= 11 is 0. The van der Waals surface area contributed by atoms with E-state index in [2.05, 4.69) is 24.2 Å². The van der Waals surface area contributed by atoms with Gasteiger partial charge in [-0.1, -0.05) is 13.8 Å². The van der Waals surface area contributed by atoms with E-state index in [9.17, 15) is 4.79 Å². The molecule has 1 aliphatic heterocycles. The third-order valence-electron chi connectivity index (χ3n) is 2.96. The molecular weight excluding hydrogens is 244 g/mol. The molecule has 3 N–H and O–H groups in total. The fourth-order valence-electron chi connectivity index (χ4n) is 1.88. The van der Waals surface area contributed by atoms with Crippen LogP contribution in [0.5, 0.6) is 0 Å². The summed E-state index contributed by atoms with van der Waals surface area (Å²) in [6.45, 7) is 5.50. The molecule has 0 aromatic heterocycles. The van der Waals surface area contributed by atoms with Gasteiger partial charge in [0.05, 0.1) is 6.10 Å². The first-order chi connectivity index (χ1) is 8.90. The standard InChI is InChI=1S/C13H26N4O2/c1-9(2)7-15-13(14)16-8-10-5-6-11(19-10)12(18)17(3)4/h9-11H,5-8H2,1-4H3,(H3,14,15,16). The first-order valence-corrected chi connectivity index (χ1v) is 6.80. The summed E-state index contributed by atoms with van der Waals surface area (Å²) in [6.07, 6.45) is 1.36. The predicted octanol–water partition coefficient (Wildman–Crippen LogP) is 0.183. The van der Waals surface area contributed by atoms with Crippen molar-refractivity contribution in [1.29, 1.82) is 0 Å². The maximum atomic E-state index is 11.7. The molecule has 0 aromatic rings. The molecule has 1 amide bonds. The molecule has 2 atom stereocenters. The zero-order valence-electron chi connectivity index (χ0n) is 12.3. The van der Waals surface area contributed by atoms with Gasteiger partial charge in [0.25, 0.3) is 5.91 Å². The highest BCUT2D eigenvalue weighted by molar-refractivity contribution is 5.80. The van der Waals surface area contributed by atoms with Crippen LogP contribution in [-0.4, -0.2) is 56.2 Å². The number of hydrogen-bond acceptors (Lipinski definition) is 3. The highest BCUT2D eigenvalue weighted by Gasteiger charge is 2.31. The van der Waals surface area contributed by atoms with E-state index < -0.39 is 0 Å². The Morgan fingerprint density at radius 1 is 1.47 bits per heavy atom. The minimum atomic E-state index is -0.310. The Kier molecular flexibility index (Phi) is 6.08. The van der Waals surface area contributed by atoms with E-state index in [1.54, 1.807) is 19.0 Å². The van der Waals surface area contributed by atoms with Crippen LogP contribution in [0.15, 0.2) is 4.99 Å². The van der Waals surface area contributed by atoms with E-state index in [1.807, 2.05) is 0 Å². The number of likely N-dealkylation sites (N-methyl/N-ethyl adjacent to an activating group) is 1. The molecule has 110 valence electrons. The van der Waals surface area contributed by atoms with E-state index in [0.29, 0.717) is 25.0 Å². The summed E-state index contributed by atoms with van der Waals surface area (Å²) < 4.78 is 5.70. The van der Waals surface area contributed by atoms with Crippen molar-refractivity contribution in [2.75, 3.05) is 27.2 Å². The first kappa shape index (κ1) is 15.8. The van der Waals surface area contributed by atoms with Gasteiger partial charge in [0, 0.05) is 27.2 Å². The minimum absolute atomic E-state index is 0.0294. The number of nitrogens with zero attached hydrogens (tertiary/aromatic N) is 2. The first-order valence-electron chi connectivity index (χ1n) is 6.80. The predicted molar refractivity (Wildman–Crippen MR) is 75.9 cm³/mol. The lowest BCUT2D eigenvalue weighted by Crippen LogP contribution is -2.39. The summed E-state index contributed by atoms with van der Waals surface area (Å²) in [5, 5.41) is 3.05. The molecule has 0 aromatic carbocycles. The molecule has 19 heavy (non-hydrogen) atoms. The van der Waals surface area contributed by atoms with Gasteiger partial charge >= 0.3 is 0 Å². The van der Waals surface area contributed by atoms with Crippen LogP contribution in [0, 0.1) is 5.92 Å². The largest absolute Gasteiger partial charge is 0.370 e. The van der Waals surface area contributed by atoms with Gasteiger partial charge in [-0.05, 0) is 18.8 Å². The Balaban J connectivity index is 2.29. The Hall–Kier alpha value is -1.30. The highest BCUT2D eigenvalue weighted by atomic mass is 16.5. The van der Waals surface area contributed by atoms with Crippen LogP contribution in [-0.2, 0) is 9.53 Å². The normalized spacial score (nSPS) is 23.7. The van der Waals surface area contributed by atoms with Gasteiger partial charge in [0.1, 0.15) is 6.10 Å². The Morgan fingerprint density at radius 3 is 2.74 bits per heavy atom. The van der Waals surface area contributed by atoms with Crippen LogP contribution in [0.1, 0.15) is 26.7 Å². The molecular formula is C13H26N4O2. The summed E-state index contributed by atoms with van der Waals surface area (Å²) in [4.78, 5) is 17.5. The van der Waals surface area contributed by atoms with Gasteiger partial charge in [-0.25, -0.2) is 0 Å². The average Bonchev–Trinajstić information content (AvgIpc) is 2.81. The lowest BCUT2D eigenvalue weighted by atomic mass is 10.2. The Labute approximate surface area is 115 Å². The minimum Gasteiger partial charge on any atom is -0.370 e. The number of carbonyl (C=O) groups excluding carboxylic acids is 1. The lowest BCUT2D eigenvalue weighted by Gasteiger charge is -2.17. The molecule has 6 nitrogen and oxygen atoms in total. The van der Waals surface area contributed by atoms with Crippen LogP contribution >= 0.6 is 0 Å². The van der Waals surface area contributed by atoms with E-state index >= 15 is 0 Å². The Morgan fingerprint density at radius 2 is 2.16 bits per heavy atom. The number of nitrogens with one attached hydrogen (secondary N) is 1. The van der Waals surface area contributed by atoms with Crippen molar-refractivity contribution in [3.63, 3.8) is 0 Å². The zero-order valence-corrected chi connectivity index (χ0v) is 12.3. The van der Waals surface area contributed by atoms with Crippen molar-refractivity contribution in [3.8, 4) is 0 Å². The maximum Gasteiger partial charge on any atom is 0.251 e. The topological polar surface area (TPSA) is 79.9 Å². The molecule has 1 fully saturated rings. The van der Waals surface area contributed by atoms with Gasteiger partial charge in [0.15, 0.2) is 5.96 Å². The molecule has 0 spiro atoms. The molecule has 0 bridgehead atoms. The van der Waals surface area contributed by atoms with Crippen LogP contribution in [0.2, 0.25) is 0 Å². The number of hydrogen-bond donors (Lipinski definition) is 2. The zero-order chi connectivity index (χ0) is 14.4. The van der Waals surface area contributed by atoms with Crippen molar-refractivity contribution in [1.82, 2.24) is 10.2 Å². The number of ether oxygens (including phenoxy) is 1. The molecule has 1 heterocycles. The number of amides is 1. The second kappa shape index (κ2) is 7.33. The molecule has 0 aliphatic carbocycles. The van der Waals surface area contributed by atoms with Crippen molar-refractivity contribution < 1.29 is 9.53 Å². The summed E-state index contributed by atoms with van der Waals surface area (Å²) in [6, 6.07) is 0. The molecule has 1 aliphatic rings. The lowest BCUT2D eigenvalue weighted by molar-refractivity contribution is -0.140. The van der Waals surface area contributed by atoms with Gasteiger partial charge in [-0.2, -0.15) is 0 Å². The number of guanidine groups is 1. The molecule has 2 unspecified atom stereocenters. The van der Waals surface area contributed by atoms with Crippen molar-refractivity contribution >= 4 is 11.9 Å². The molecule has 1 saturated heterocycles. The van der Waals surface area contributed by atoms with Crippen LogP contribution in [0.25, 0.3) is 0 Å². The number of rotatable bonds is 5. The van der Waals surface area contributed by atoms with Crippen molar-refractivity contribution in [2.24, 2.45) is 16.6 Å². The maximum absolute atomic E-state index is 11.7. The van der Waals surface area contributed by atoms with Crippen LogP contribution in [0.4, 0.5) is 0 Å². The summed E-state index contributed by atoms with van der Waals surface area (Å²) in [5.41, 5.74) is 5.75. The van der Waals surface area contributed by atoms with Crippen molar-refractivity contribution in [3.05, 3.63) is 0 Å². The highest BCUT2D eigenvalue weighted by Crippen LogP contribution is 2.20. The fraction of sp³-hybridized carbons (Fsp3) is 0.846. The summed E-state index contributed by atoms with van der Waals surface area (Å²) in [5.74, 6) is 0.966. The average molecular weight is 270 g/mol. The Bertz CT molecular complexity index is 329. The van der Waals surface area contributed by atoms with Gasteiger partial charge in [-0.15, -0.1) is 0 Å². The van der Waals surface area contributed by atoms with Crippen LogP contribution < -0.4 is 11.1 Å².